The summed E-state index contributed by atoms with van der Waals surface area (Å²) in [5.74, 6) is 2.56. The standard InChI is InChI=1S/C16H21N7O2/c1-4-12-19-20-13-6-5-10(9-23(12)13)8-18-14-11(7-17)15(24)22(3)16(25)21(14)2/h10,18H,4-6,8-9H2,1-3H3/t10-/m0/s1. The van der Waals surface area contributed by atoms with Gasteiger partial charge in [0.05, 0.1) is 0 Å². The van der Waals surface area contributed by atoms with Gasteiger partial charge in [-0.1, -0.05) is 6.92 Å². The molecule has 0 aromatic carbocycles. The predicted molar refractivity (Wildman–Crippen MR) is 91.3 cm³/mol. The molecule has 0 fully saturated rings. The second kappa shape index (κ2) is 6.55. The fourth-order valence-corrected chi connectivity index (χ4v) is 3.27. The van der Waals surface area contributed by atoms with Crippen LogP contribution in [-0.4, -0.2) is 30.4 Å². The van der Waals surface area contributed by atoms with Crippen LogP contribution in [0.1, 0.15) is 30.6 Å². The van der Waals surface area contributed by atoms with Gasteiger partial charge in [-0.2, -0.15) is 5.26 Å². The highest BCUT2D eigenvalue weighted by atomic mass is 16.2. The third kappa shape index (κ3) is 2.84. The Kier molecular flexibility index (Phi) is 4.44. The van der Waals surface area contributed by atoms with Crippen molar-refractivity contribution in [3.05, 3.63) is 38.1 Å². The van der Waals surface area contributed by atoms with Crippen LogP contribution in [0.2, 0.25) is 0 Å². The number of nitrogens with one attached hydrogen (secondary N) is 1. The lowest BCUT2D eigenvalue weighted by atomic mass is 9.99. The van der Waals surface area contributed by atoms with Crippen molar-refractivity contribution in [2.24, 2.45) is 20.0 Å². The Morgan fingerprint density at radius 1 is 1.28 bits per heavy atom. The minimum Gasteiger partial charge on any atom is -0.370 e. The van der Waals surface area contributed by atoms with Gasteiger partial charge in [0.2, 0.25) is 0 Å². The Labute approximate surface area is 144 Å². The second-order valence-corrected chi connectivity index (χ2v) is 6.32. The molecule has 2 aromatic rings. The van der Waals surface area contributed by atoms with E-state index in [1.165, 1.54) is 11.6 Å². The van der Waals surface area contributed by atoms with E-state index in [4.69, 9.17) is 0 Å². The Balaban J connectivity index is 1.83. The molecule has 3 heterocycles. The van der Waals surface area contributed by atoms with Crippen molar-refractivity contribution in [1.82, 2.24) is 23.9 Å². The van der Waals surface area contributed by atoms with Gasteiger partial charge in [0, 0.05) is 40.0 Å². The number of aryl methyl sites for hydroxylation is 2. The maximum atomic E-state index is 12.1. The monoisotopic (exact) mass is 343 g/mol. The summed E-state index contributed by atoms with van der Waals surface area (Å²) in [4.78, 5) is 24.2. The van der Waals surface area contributed by atoms with Crippen LogP contribution < -0.4 is 16.6 Å². The zero-order valence-electron chi connectivity index (χ0n) is 14.6. The summed E-state index contributed by atoms with van der Waals surface area (Å²) in [5.41, 5.74) is -1.07. The van der Waals surface area contributed by atoms with Crippen molar-refractivity contribution in [2.45, 2.75) is 32.7 Å². The van der Waals surface area contributed by atoms with Gasteiger partial charge in [0.1, 0.15) is 23.5 Å². The fourth-order valence-electron chi connectivity index (χ4n) is 3.27. The van der Waals surface area contributed by atoms with E-state index >= 15 is 0 Å². The zero-order chi connectivity index (χ0) is 18.1. The molecule has 0 amide bonds. The minimum atomic E-state index is -0.578. The average Bonchev–Trinajstić information content (AvgIpc) is 3.04. The van der Waals surface area contributed by atoms with Crippen molar-refractivity contribution in [2.75, 3.05) is 11.9 Å². The third-order valence-electron chi connectivity index (χ3n) is 4.77. The van der Waals surface area contributed by atoms with E-state index in [0.717, 1.165) is 42.0 Å². The van der Waals surface area contributed by atoms with E-state index in [1.807, 2.05) is 13.0 Å². The Hall–Kier alpha value is -2.89. The van der Waals surface area contributed by atoms with E-state index in [-0.39, 0.29) is 11.4 Å². The van der Waals surface area contributed by atoms with Crippen LogP contribution in [0.5, 0.6) is 0 Å². The van der Waals surface area contributed by atoms with Crippen LogP contribution in [-0.2, 0) is 33.5 Å². The molecule has 1 N–H and O–H groups in total. The molecule has 1 aliphatic rings. The van der Waals surface area contributed by atoms with Gasteiger partial charge in [-0.25, -0.2) is 4.79 Å². The zero-order valence-corrected chi connectivity index (χ0v) is 14.6. The van der Waals surface area contributed by atoms with E-state index in [9.17, 15) is 14.9 Å². The van der Waals surface area contributed by atoms with E-state index in [0.29, 0.717) is 12.5 Å². The van der Waals surface area contributed by atoms with Crippen LogP contribution in [0, 0.1) is 17.2 Å². The first kappa shape index (κ1) is 17.0. The molecule has 0 aliphatic carbocycles. The molecular formula is C16H21N7O2. The van der Waals surface area contributed by atoms with Crippen LogP contribution in [0.3, 0.4) is 0 Å². The van der Waals surface area contributed by atoms with Crippen molar-refractivity contribution in [3.8, 4) is 6.07 Å². The molecule has 1 aliphatic heterocycles. The van der Waals surface area contributed by atoms with Crippen molar-refractivity contribution in [1.29, 1.82) is 5.26 Å². The number of nitriles is 1. The SMILES string of the molecule is CCc1nnc2n1C[C@H](CNc1c(C#N)c(=O)n(C)c(=O)n1C)CC2. The normalized spacial score (nSPS) is 16.3. The van der Waals surface area contributed by atoms with Gasteiger partial charge in [0.15, 0.2) is 5.56 Å². The molecule has 1 atom stereocenters. The van der Waals surface area contributed by atoms with Crippen LogP contribution in [0.4, 0.5) is 5.82 Å². The van der Waals surface area contributed by atoms with E-state index in [1.54, 1.807) is 7.05 Å². The summed E-state index contributed by atoms with van der Waals surface area (Å²) in [6, 6.07) is 1.91. The third-order valence-corrected chi connectivity index (χ3v) is 4.77. The molecule has 2 aromatic heterocycles. The fraction of sp³-hybridized carbons (Fsp3) is 0.562. The Morgan fingerprint density at radius 2 is 2.04 bits per heavy atom. The molecule has 9 heteroatoms. The summed E-state index contributed by atoms with van der Waals surface area (Å²) in [5, 5.41) is 20.9. The minimum absolute atomic E-state index is 0.0420. The lowest BCUT2D eigenvalue weighted by Crippen LogP contribution is -2.40. The van der Waals surface area contributed by atoms with Crippen LogP contribution in [0.25, 0.3) is 0 Å². The van der Waals surface area contributed by atoms with E-state index in [2.05, 4.69) is 20.1 Å². The summed E-state index contributed by atoms with van der Waals surface area (Å²) in [6.45, 7) is 3.41. The number of aromatic nitrogens is 5. The second-order valence-electron chi connectivity index (χ2n) is 6.32. The van der Waals surface area contributed by atoms with Gasteiger partial charge in [-0.15, -0.1) is 10.2 Å². The first-order valence-corrected chi connectivity index (χ1v) is 8.32. The molecule has 0 bridgehead atoms. The summed E-state index contributed by atoms with van der Waals surface area (Å²) in [7, 11) is 2.93. The number of nitrogens with zero attached hydrogens (tertiary/aromatic N) is 6. The molecular weight excluding hydrogens is 322 g/mol. The highest BCUT2D eigenvalue weighted by molar-refractivity contribution is 5.51. The van der Waals surface area contributed by atoms with Gasteiger partial charge < -0.3 is 9.88 Å². The van der Waals surface area contributed by atoms with Gasteiger partial charge in [0.25, 0.3) is 5.56 Å². The highest BCUT2D eigenvalue weighted by Crippen LogP contribution is 2.21. The smallest absolute Gasteiger partial charge is 0.332 e. The molecule has 0 saturated heterocycles. The highest BCUT2D eigenvalue weighted by Gasteiger charge is 2.23. The van der Waals surface area contributed by atoms with Crippen molar-refractivity contribution >= 4 is 5.82 Å². The summed E-state index contributed by atoms with van der Waals surface area (Å²) >= 11 is 0. The first-order valence-electron chi connectivity index (χ1n) is 8.32. The maximum absolute atomic E-state index is 12.1. The molecule has 25 heavy (non-hydrogen) atoms. The van der Waals surface area contributed by atoms with Gasteiger partial charge in [-0.3, -0.25) is 13.9 Å². The topological polar surface area (TPSA) is 111 Å². The van der Waals surface area contributed by atoms with Crippen LogP contribution in [0.15, 0.2) is 9.59 Å². The quantitative estimate of drug-likeness (QED) is 0.822. The lowest BCUT2D eigenvalue weighted by molar-refractivity contribution is 0.374. The van der Waals surface area contributed by atoms with Gasteiger partial charge >= 0.3 is 5.69 Å². The lowest BCUT2D eigenvalue weighted by Gasteiger charge is -2.25. The maximum Gasteiger partial charge on any atom is 0.332 e. The Bertz CT molecular complexity index is 947. The first-order chi connectivity index (χ1) is 12.0. The molecule has 0 saturated carbocycles. The number of hydrogen-bond acceptors (Lipinski definition) is 6. The molecule has 132 valence electrons. The van der Waals surface area contributed by atoms with Crippen molar-refractivity contribution in [3.63, 3.8) is 0 Å². The molecule has 3 rings (SSSR count). The number of rotatable bonds is 4. The largest absolute Gasteiger partial charge is 0.370 e. The van der Waals surface area contributed by atoms with Gasteiger partial charge in [-0.05, 0) is 12.3 Å². The average molecular weight is 343 g/mol. The molecule has 0 radical (unpaired) electrons. The number of fused-ring (bicyclic) bond motifs is 1. The van der Waals surface area contributed by atoms with Crippen molar-refractivity contribution < 1.29 is 0 Å². The van der Waals surface area contributed by atoms with Crippen LogP contribution >= 0.6 is 0 Å². The number of anilines is 1. The van der Waals surface area contributed by atoms with E-state index < -0.39 is 11.2 Å². The predicted octanol–water partition coefficient (Wildman–Crippen LogP) is -0.216. The summed E-state index contributed by atoms with van der Waals surface area (Å²) < 4.78 is 4.40. The Morgan fingerprint density at radius 3 is 2.72 bits per heavy atom. The molecule has 0 spiro atoms. The molecule has 0 unspecified atom stereocenters. The summed E-state index contributed by atoms with van der Waals surface area (Å²) in [6.07, 6.45) is 2.62. The number of hydrogen-bond donors (Lipinski definition) is 1. The molecule has 9 nitrogen and oxygen atoms in total.